The minimum absolute atomic E-state index is 0.0156. The van der Waals surface area contributed by atoms with Gasteiger partial charge in [-0.15, -0.1) is 0 Å². The number of hydrogen-bond donors (Lipinski definition) is 5. The van der Waals surface area contributed by atoms with Gasteiger partial charge in [0.2, 0.25) is 17.7 Å². The maximum Gasteiger partial charge on any atom is 0.490 e. The number of carbonyl (C=O) groups excluding carboxylic acids is 4. The van der Waals surface area contributed by atoms with Crippen molar-refractivity contribution in [3.8, 4) is 0 Å². The fraction of sp³-hybridized carbons (Fsp3) is 0.896. The molecule has 0 aromatic heterocycles. The third kappa shape index (κ3) is 8.78. The van der Waals surface area contributed by atoms with Gasteiger partial charge in [0.25, 0.3) is 0 Å². The molecule has 16 saturated carbocycles. The number of methoxy groups -OCH3 is 1. The number of aliphatic carboxylic acids is 1. The van der Waals surface area contributed by atoms with Crippen LogP contribution in [-0.2, 0) is 28.7 Å². The van der Waals surface area contributed by atoms with Crippen LogP contribution in [0.2, 0.25) is 0 Å². The van der Waals surface area contributed by atoms with Crippen LogP contribution >= 0.6 is 0 Å². The van der Waals surface area contributed by atoms with E-state index in [-0.39, 0.29) is 51.3 Å². The largest absolute Gasteiger partial charge is 0.490 e. The molecule has 0 aromatic carbocycles. The van der Waals surface area contributed by atoms with E-state index in [1.165, 1.54) is 104 Å². The van der Waals surface area contributed by atoms with E-state index in [1.807, 2.05) is 0 Å². The third-order valence-electron chi connectivity index (χ3n) is 17.6. The molecule has 0 aliphatic heterocycles. The van der Waals surface area contributed by atoms with Crippen molar-refractivity contribution < 1.29 is 47.0 Å². The minimum Gasteiger partial charge on any atom is -0.475 e. The molecule has 3 amide bonds. The van der Waals surface area contributed by atoms with Gasteiger partial charge in [0.15, 0.2) is 0 Å². The number of ether oxygens (including phenoxy) is 1. The lowest BCUT2D eigenvalue weighted by molar-refractivity contribution is -0.248. The Morgan fingerprint density at radius 1 is 0.581 bits per heavy atom. The summed E-state index contributed by atoms with van der Waals surface area (Å²) in [5.41, 5.74) is 11.0. The zero-order chi connectivity index (χ0) is 46.8. The average molecular weight is 879 g/mol. The fourth-order valence-electron chi connectivity index (χ4n) is 14.8. The van der Waals surface area contributed by atoms with E-state index in [0.29, 0.717) is 27.1 Å². The molecule has 0 atom stereocenters. The molecular formula is C48H77F3N4O7. The van der Waals surface area contributed by atoms with Gasteiger partial charge in [-0.05, 0) is 153 Å². The van der Waals surface area contributed by atoms with Gasteiger partial charge >= 0.3 is 18.1 Å². The quantitative estimate of drug-likeness (QED) is 0.171. The van der Waals surface area contributed by atoms with Crippen LogP contribution in [0.15, 0.2) is 0 Å². The second-order valence-electron chi connectivity index (χ2n) is 25.8. The first-order chi connectivity index (χ1) is 27.9. The maximum absolute atomic E-state index is 11.2. The van der Waals surface area contributed by atoms with Crippen LogP contribution in [0.4, 0.5) is 13.2 Å². The summed E-state index contributed by atoms with van der Waals surface area (Å²) >= 11 is 0. The van der Waals surface area contributed by atoms with Crippen molar-refractivity contribution in [1.29, 1.82) is 0 Å². The number of halogens is 3. The Bertz CT molecular complexity index is 1710. The highest BCUT2D eigenvalue weighted by Gasteiger charge is 2.74. The summed E-state index contributed by atoms with van der Waals surface area (Å²) in [6.45, 7) is 23.7. The number of nitrogens with one attached hydrogen (secondary N) is 3. The number of carboxylic acid groups (broad SMARTS) is 1. The van der Waals surface area contributed by atoms with Crippen molar-refractivity contribution >= 4 is 29.7 Å². The zero-order valence-electron chi connectivity index (χ0n) is 39.7. The van der Waals surface area contributed by atoms with Gasteiger partial charge < -0.3 is 31.5 Å². The van der Waals surface area contributed by atoms with E-state index >= 15 is 0 Å². The summed E-state index contributed by atoms with van der Waals surface area (Å²) in [5, 5.41) is 16.1. The Morgan fingerprint density at radius 3 is 1.10 bits per heavy atom. The van der Waals surface area contributed by atoms with Crippen molar-refractivity contribution in [2.24, 2.45) is 55.0 Å². The summed E-state index contributed by atoms with van der Waals surface area (Å²) in [5.74, 6) is -1.58. The van der Waals surface area contributed by atoms with Gasteiger partial charge in [-0.2, -0.15) is 13.2 Å². The first-order valence-electron chi connectivity index (χ1n) is 22.9. The van der Waals surface area contributed by atoms with Crippen molar-refractivity contribution in [1.82, 2.24) is 16.0 Å². The lowest BCUT2D eigenvalue weighted by Gasteiger charge is -2.75. The summed E-state index contributed by atoms with van der Waals surface area (Å²) in [6.07, 6.45) is 15.9. The van der Waals surface area contributed by atoms with Crippen LogP contribution in [-0.4, -0.2) is 70.2 Å². The first-order valence-corrected chi connectivity index (χ1v) is 22.9. The first kappa shape index (κ1) is 48.6. The number of hydrogen-bond acceptors (Lipinski definition) is 7. The molecule has 6 N–H and O–H groups in total. The fourth-order valence-corrected chi connectivity index (χ4v) is 14.8. The predicted octanol–water partition coefficient (Wildman–Crippen LogP) is 8.51. The smallest absolute Gasteiger partial charge is 0.475 e. The van der Waals surface area contributed by atoms with Gasteiger partial charge in [-0.1, -0.05) is 55.4 Å². The van der Waals surface area contributed by atoms with Gasteiger partial charge in [0.1, 0.15) is 0 Å². The molecule has 14 heteroatoms. The van der Waals surface area contributed by atoms with Crippen LogP contribution < -0.4 is 21.7 Å². The highest BCUT2D eigenvalue weighted by atomic mass is 19.4. The van der Waals surface area contributed by atoms with Crippen LogP contribution in [0.1, 0.15) is 185 Å². The Balaban J connectivity index is 0.000000125. The number of amides is 3. The predicted molar refractivity (Wildman–Crippen MR) is 229 cm³/mol. The molecular weight excluding hydrogens is 802 g/mol. The minimum atomic E-state index is -5.08. The summed E-state index contributed by atoms with van der Waals surface area (Å²) < 4.78 is 36.4. The van der Waals surface area contributed by atoms with E-state index in [1.54, 1.807) is 13.8 Å². The molecule has 352 valence electrons. The van der Waals surface area contributed by atoms with Gasteiger partial charge in [0, 0.05) is 42.9 Å². The third-order valence-corrected chi connectivity index (χ3v) is 17.6. The number of esters is 1. The number of carboxylic acids is 1. The Kier molecular flexibility index (Phi) is 11.4. The van der Waals surface area contributed by atoms with Crippen LogP contribution in [0, 0.1) is 49.2 Å². The number of rotatable bonds is 5. The number of nitrogens with two attached hydrogens (primary N) is 1. The molecule has 0 saturated heterocycles. The Labute approximate surface area is 367 Å². The SMILES string of the molecule is CC(=O)NC12CC(C)(C1)C2.CC(=O)NC12CC(C3CC3)(C1)C2.CC(C)(C)C12CC(N)(C1)C2.CC12CC(C(C)(C)C)(C1)C2.COC(=O)C12CC(NC(C)=O)(C1)C2.O=C(O)C(F)(F)F. The lowest BCUT2D eigenvalue weighted by atomic mass is 9.30. The van der Waals surface area contributed by atoms with Gasteiger partial charge in [-0.25, -0.2) is 4.79 Å². The molecule has 16 rings (SSSR count). The van der Waals surface area contributed by atoms with E-state index in [4.69, 9.17) is 20.4 Å². The molecule has 16 aliphatic carbocycles. The van der Waals surface area contributed by atoms with E-state index in [2.05, 4.69) is 71.3 Å². The lowest BCUT2D eigenvalue weighted by Crippen LogP contribution is -2.77. The standard InChI is InChI=1S/C10H15NO.C10H18.C9H13NO3.C9H17N.C8H13NO.C2HF3O2/c1-7(12)11-10-4-9(5-10,6-10)8-2-3-8;1-8(2,3)10-5-9(4,6-10)7-10;1-6(11)10-9-3-8(4-9,5-9)7(12)13-2;1-7(2,3)8-4-9(10,5-8)6-8;1-6(10)9-8-3-7(2,4-8)5-8;3-2(4,5)1(6)7/h8H,2-6H2,1H3,(H,11,12);5-7H2,1-4H3;3-5H2,1-2H3,(H,10,11);4-6,10H2,1-3H3;3-5H2,1-2H3,(H,9,10);(H,6,7). The van der Waals surface area contributed by atoms with Gasteiger partial charge in [-0.3, -0.25) is 19.2 Å². The maximum atomic E-state index is 11.2. The molecule has 16 fully saturated rings. The van der Waals surface area contributed by atoms with Crippen LogP contribution in [0.3, 0.4) is 0 Å². The molecule has 0 spiro atoms. The van der Waals surface area contributed by atoms with Crippen molar-refractivity contribution in [2.45, 2.75) is 214 Å². The van der Waals surface area contributed by atoms with Crippen molar-refractivity contribution in [2.75, 3.05) is 7.11 Å². The topological polar surface area (TPSA) is 177 Å². The Morgan fingerprint density at radius 2 is 0.887 bits per heavy atom. The molecule has 10 bridgehead atoms. The molecule has 0 heterocycles. The monoisotopic (exact) mass is 879 g/mol. The zero-order valence-corrected chi connectivity index (χ0v) is 39.7. The average Bonchev–Trinajstić information content (AvgIpc) is 3.78. The Hall–Kier alpha value is -2.90. The molecule has 0 aromatic rings. The van der Waals surface area contributed by atoms with Crippen molar-refractivity contribution in [3.05, 3.63) is 0 Å². The number of carbonyl (C=O) groups is 5. The molecule has 0 radical (unpaired) electrons. The highest BCUT2D eigenvalue weighted by molar-refractivity contribution is 5.84. The second-order valence-corrected chi connectivity index (χ2v) is 25.8. The van der Waals surface area contributed by atoms with Gasteiger partial charge in [0.05, 0.1) is 12.5 Å². The van der Waals surface area contributed by atoms with E-state index in [9.17, 15) is 32.3 Å². The summed E-state index contributed by atoms with van der Waals surface area (Å²) in [7, 11) is 1.41. The second kappa shape index (κ2) is 14.6. The van der Waals surface area contributed by atoms with Crippen LogP contribution in [0.25, 0.3) is 0 Å². The number of alkyl halides is 3. The normalized spacial score (nSPS) is 43.7. The van der Waals surface area contributed by atoms with E-state index < -0.39 is 12.1 Å². The molecule has 11 nitrogen and oxygen atoms in total. The van der Waals surface area contributed by atoms with E-state index in [0.717, 1.165) is 36.0 Å². The molecule has 0 unspecified atom stereocenters. The summed E-state index contributed by atoms with van der Waals surface area (Å²) in [6, 6.07) is 0. The molecule has 62 heavy (non-hydrogen) atoms. The van der Waals surface area contributed by atoms with Crippen LogP contribution in [0.5, 0.6) is 0 Å². The molecule has 16 aliphatic rings. The van der Waals surface area contributed by atoms with Crippen molar-refractivity contribution in [3.63, 3.8) is 0 Å². The summed E-state index contributed by atoms with van der Waals surface area (Å²) in [4.78, 5) is 52.5. The highest BCUT2D eigenvalue weighted by Crippen LogP contribution is 2.79.